The molecule has 0 fully saturated rings. The predicted octanol–water partition coefficient (Wildman–Crippen LogP) is 2.45. The molecule has 0 atom stereocenters. The molecule has 8 nitrogen and oxygen atoms in total. The van der Waals surface area contributed by atoms with Crippen molar-refractivity contribution in [2.75, 3.05) is 6.61 Å². The van der Waals surface area contributed by atoms with Gasteiger partial charge in [0.05, 0.1) is 17.8 Å². The van der Waals surface area contributed by atoms with E-state index in [0.717, 1.165) is 0 Å². The summed E-state index contributed by atoms with van der Waals surface area (Å²) in [6.45, 7) is 3.50. The van der Waals surface area contributed by atoms with Crippen LogP contribution in [-0.4, -0.2) is 37.4 Å². The molecule has 28 heavy (non-hydrogen) atoms. The van der Waals surface area contributed by atoms with Crippen LogP contribution < -0.4 is 5.56 Å². The molecule has 0 spiro atoms. The fourth-order valence-corrected chi connectivity index (χ4v) is 3.01. The molecule has 0 saturated carbocycles. The van der Waals surface area contributed by atoms with Crippen LogP contribution in [0.15, 0.2) is 59.4 Å². The van der Waals surface area contributed by atoms with Crippen molar-refractivity contribution in [1.29, 1.82) is 0 Å². The van der Waals surface area contributed by atoms with Crippen LogP contribution in [0.3, 0.4) is 0 Å². The van der Waals surface area contributed by atoms with Gasteiger partial charge in [0.25, 0.3) is 5.56 Å². The summed E-state index contributed by atoms with van der Waals surface area (Å²) >= 11 is 0. The summed E-state index contributed by atoms with van der Waals surface area (Å²) < 4.78 is 7.82. The van der Waals surface area contributed by atoms with Gasteiger partial charge in [0.2, 0.25) is 0 Å². The predicted molar refractivity (Wildman–Crippen MR) is 103 cm³/mol. The zero-order valence-electron chi connectivity index (χ0n) is 15.4. The molecule has 0 saturated heterocycles. The molecule has 2 heterocycles. The van der Waals surface area contributed by atoms with Gasteiger partial charge in [-0.2, -0.15) is 9.36 Å². The summed E-state index contributed by atoms with van der Waals surface area (Å²) in [6, 6.07) is 16.3. The number of carbonyl (C=O) groups excluding carboxylic acids is 1. The maximum Gasteiger partial charge on any atom is 0.344 e. The van der Waals surface area contributed by atoms with Crippen molar-refractivity contribution in [3.8, 4) is 11.5 Å². The molecule has 0 aliphatic carbocycles. The monoisotopic (exact) mass is 375 g/mol. The first-order chi connectivity index (χ1) is 13.6. The van der Waals surface area contributed by atoms with Crippen LogP contribution in [0.5, 0.6) is 0 Å². The Hall–Kier alpha value is -3.81. The van der Waals surface area contributed by atoms with Gasteiger partial charge in [0.1, 0.15) is 11.1 Å². The first-order valence-electron chi connectivity index (χ1n) is 8.79. The Balaban J connectivity index is 2.05. The summed E-state index contributed by atoms with van der Waals surface area (Å²) in [6.07, 6.45) is 0. The normalized spacial score (nSPS) is 10.9. The first-order valence-corrected chi connectivity index (χ1v) is 8.79. The van der Waals surface area contributed by atoms with E-state index >= 15 is 0 Å². The molecule has 140 valence electrons. The highest BCUT2D eigenvalue weighted by molar-refractivity contribution is 5.91. The van der Waals surface area contributed by atoms with Gasteiger partial charge in [0, 0.05) is 5.56 Å². The SMILES string of the molecule is CCOC(=O)c1c(C)c(-n2nnc3ccccc32)nn(-c2ccccc2)c1=O. The van der Waals surface area contributed by atoms with Crippen LogP contribution in [0.25, 0.3) is 22.5 Å². The molecule has 4 aromatic rings. The highest BCUT2D eigenvalue weighted by Crippen LogP contribution is 2.19. The van der Waals surface area contributed by atoms with Crippen LogP contribution in [0.1, 0.15) is 22.8 Å². The van der Waals surface area contributed by atoms with Crippen LogP contribution in [-0.2, 0) is 4.74 Å². The Morgan fingerprint density at radius 1 is 1.04 bits per heavy atom. The second-order valence-corrected chi connectivity index (χ2v) is 6.09. The second kappa shape index (κ2) is 7.07. The van der Waals surface area contributed by atoms with Crippen molar-refractivity contribution < 1.29 is 9.53 Å². The molecule has 0 N–H and O–H groups in total. The third kappa shape index (κ3) is 2.84. The van der Waals surface area contributed by atoms with Crippen molar-refractivity contribution in [1.82, 2.24) is 24.8 Å². The third-order valence-electron chi connectivity index (χ3n) is 4.34. The molecule has 0 aliphatic heterocycles. The van der Waals surface area contributed by atoms with Crippen LogP contribution >= 0.6 is 0 Å². The molecule has 0 radical (unpaired) electrons. The first kappa shape index (κ1) is 17.6. The lowest BCUT2D eigenvalue weighted by atomic mass is 10.1. The molecule has 0 amide bonds. The van der Waals surface area contributed by atoms with Crippen LogP contribution in [0.2, 0.25) is 0 Å². The van der Waals surface area contributed by atoms with E-state index in [0.29, 0.717) is 28.1 Å². The standard InChI is InChI=1S/C20H17N5O3/c1-3-28-20(27)17-13(2)18(25-16-12-8-7-11-15(16)21-23-25)22-24(19(17)26)14-9-5-4-6-10-14/h4-12H,3H2,1-2H3. The van der Waals surface area contributed by atoms with Gasteiger partial charge in [-0.1, -0.05) is 35.5 Å². The zero-order valence-corrected chi connectivity index (χ0v) is 15.4. The molecular weight excluding hydrogens is 358 g/mol. The molecular formula is C20H17N5O3. The number of hydrogen-bond acceptors (Lipinski definition) is 6. The van der Waals surface area contributed by atoms with Gasteiger partial charge in [-0.05, 0) is 38.1 Å². The lowest BCUT2D eigenvalue weighted by molar-refractivity contribution is 0.0522. The lowest BCUT2D eigenvalue weighted by Gasteiger charge is -2.13. The van der Waals surface area contributed by atoms with Gasteiger partial charge in [-0.3, -0.25) is 4.79 Å². The molecule has 8 heteroatoms. The van der Waals surface area contributed by atoms with E-state index in [1.807, 2.05) is 30.3 Å². The lowest BCUT2D eigenvalue weighted by Crippen LogP contribution is -2.31. The number of fused-ring (bicyclic) bond motifs is 1. The number of aromatic nitrogens is 5. The van der Waals surface area contributed by atoms with Gasteiger partial charge in [0.15, 0.2) is 5.82 Å². The highest BCUT2D eigenvalue weighted by atomic mass is 16.5. The fraction of sp³-hybridized carbons (Fsp3) is 0.150. The van der Waals surface area contributed by atoms with Crippen molar-refractivity contribution in [3.05, 3.63) is 76.1 Å². The number of para-hydroxylation sites is 2. The van der Waals surface area contributed by atoms with E-state index < -0.39 is 11.5 Å². The Bertz CT molecular complexity index is 1230. The largest absolute Gasteiger partial charge is 0.462 e. The maximum absolute atomic E-state index is 13.0. The number of esters is 1. The quantitative estimate of drug-likeness (QED) is 0.509. The number of ether oxygens (including phenoxy) is 1. The fourth-order valence-electron chi connectivity index (χ4n) is 3.01. The van der Waals surface area contributed by atoms with E-state index in [2.05, 4.69) is 15.4 Å². The van der Waals surface area contributed by atoms with Crippen LogP contribution in [0.4, 0.5) is 0 Å². The van der Waals surface area contributed by atoms with Gasteiger partial charge in [-0.25, -0.2) is 4.79 Å². The molecule has 0 aliphatic rings. The minimum Gasteiger partial charge on any atom is -0.462 e. The second-order valence-electron chi connectivity index (χ2n) is 6.09. The molecule has 2 aromatic carbocycles. The Kier molecular flexibility index (Phi) is 4.44. The van der Waals surface area contributed by atoms with Crippen molar-refractivity contribution >= 4 is 17.0 Å². The number of carbonyl (C=O) groups is 1. The van der Waals surface area contributed by atoms with Crippen LogP contribution in [0, 0.1) is 6.92 Å². The molecule has 0 unspecified atom stereocenters. The summed E-state index contributed by atoms with van der Waals surface area (Å²) in [5.41, 5.74) is 1.69. The zero-order chi connectivity index (χ0) is 19.7. The average molecular weight is 375 g/mol. The minimum absolute atomic E-state index is 0.0738. The number of rotatable bonds is 4. The Morgan fingerprint density at radius 2 is 1.75 bits per heavy atom. The average Bonchev–Trinajstić information content (AvgIpc) is 3.13. The number of nitrogens with zero attached hydrogens (tertiary/aromatic N) is 5. The minimum atomic E-state index is -0.692. The molecule has 2 aromatic heterocycles. The van der Waals surface area contributed by atoms with E-state index in [9.17, 15) is 9.59 Å². The number of benzene rings is 2. The summed E-state index contributed by atoms with van der Waals surface area (Å²) in [4.78, 5) is 25.6. The van der Waals surface area contributed by atoms with E-state index in [4.69, 9.17) is 4.74 Å². The van der Waals surface area contributed by atoms with E-state index in [-0.39, 0.29) is 12.2 Å². The Labute approximate surface area is 160 Å². The van der Waals surface area contributed by atoms with E-state index in [1.54, 1.807) is 38.1 Å². The van der Waals surface area contributed by atoms with Crippen molar-refractivity contribution in [2.45, 2.75) is 13.8 Å². The molecule has 4 rings (SSSR count). The highest BCUT2D eigenvalue weighted by Gasteiger charge is 2.24. The number of hydrogen-bond donors (Lipinski definition) is 0. The Morgan fingerprint density at radius 3 is 2.50 bits per heavy atom. The van der Waals surface area contributed by atoms with Gasteiger partial charge < -0.3 is 4.74 Å². The summed E-state index contributed by atoms with van der Waals surface area (Å²) in [5.74, 6) is -0.358. The summed E-state index contributed by atoms with van der Waals surface area (Å²) in [7, 11) is 0. The third-order valence-corrected chi connectivity index (χ3v) is 4.34. The van der Waals surface area contributed by atoms with Crippen molar-refractivity contribution in [3.63, 3.8) is 0 Å². The van der Waals surface area contributed by atoms with Gasteiger partial charge in [-0.15, -0.1) is 10.2 Å². The smallest absolute Gasteiger partial charge is 0.344 e. The van der Waals surface area contributed by atoms with Gasteiger partial charge >= 0.3 is 5.97 Å². The van der Waals surface area contributed by atoms with E-state index in [1.165, 1.54) is 9.36 Å². The molecule has 0 bridgehead atoms. The summed E-state index contributed by atoms with van der Waals surface area (Å²) in [5, 5.41) is 12.8. The topological polar surface area (TPSA) is 91.9 Å². The maximum atomic E-state index is 13.0. The van der Waals surface area contributed by atoms with Crippen molar-refractivity contribution in [2.24, 2.45) is 0 Å².